The number of para-hydroxylation sites is 1. The summed E-state index contributed by atoms with van der Waals surface area (Å²) >= 11 is 1.11. The molecule has 0 radical (unpaired) electrons. The molecule has 0 heterocycles. The second-order valence-corrected chi connectivity index (χ2v) is 6.35. The van der Waals surface area contributed by atoms with Crippen LogP contribution in [0.25, 0.3) is 10.8 Å². The molecule has 3 rings (SSSR count). The van der Waals surface area contributed by atoms with E-state index < -0.39 is 5.97 Å². The molecule has 0 atom stereocenters. The number of hydrogen-bond donors (Lipinski definition) is 4. The SMILES string of the molecule is N/N=C(/Sc1cc(C(=O)O)c(O)c2ccccc12)N(N)c1ccccc1. The second kappa shape index (κ2) is 7.34. The molecule has 0 amide bonds. The van der Waals surface area contributed by atoms with E-state index in [1.807, 2.05) is 18.2 Å². The maximum atomic E-state index is 11.5. The van der Waals surface area contributed by atoms with Crippen LogP contribution in [-0.4, -0.2) is 21.4 Å². The first-order valence-electron chi connectivity index (χ1n) is 7.56. The van der Waals surface area contributed by atoms with Crippen molar-refractivity contribution in [2.75, 3.05) is 5.01 Å². The van der Waals surface area contributed by atoms with Crippen molar-refractivity contribution in [1.29, 1.82) is 0 Å². The first-order valence-corrected chi connectivity index (χ1v) is 8.38. The number of hydrazone groups is 1. The number of fused-ring (bicyclic) bond motifs is 1. The highest BCUT2D eigenvalue weighted by molar-refractivity contribution is 8.14. The quantitative estimate of drug-likeness (QED) is 0.184. The van der Waals surface area contributed by atoms with Gasteiger partial charge < -0.3 is 16.1 Å². The summed E-state index contributed by atoms with van der Waals surface area (Å²) in [6.07, 6.45) is 0. The maximum absolute atomic E-state index is 11.5. The maximum Gasteiger partial charge on any atom is 0.339 e. The third kappa shape index (κ3) is 3.28. The van der Waals surface area contributed by atoms with Gasteiger partial charge in [-0.1, -0.05) is 42.5 Å². The van der Waals surface area contributed by atoms with E-state index in [4.69, 9.17) is 11.7 Å². The van der Waals surface area contributed by atoms with Crippen molar-refractivity contribution >= 4 is 39.4 Å². The van der Waals surface area contributed by atoms with E-state index in [9.17, 15) is 15.0 Å². The van der Waals surface area contributed by atoms with E-state index in [0.717, 1.165) is 11.8 Å². The van der Waals surface area contributed by atoms with E-state index in [0.29, 0.717) is 21.4 Å². The molecular weight excluding hydrogens is 352 g/mol. The zero-order chi connectivity index (χ0) is 18.7. The van der Waals surface area contributed by atoms with Crippen molar-refractivity contribution in [3.8, 4) is 5.75 Å². The topological polar surface area (TPSA) is 125 Å². The monoisotopic (exact) mass is 368 g/mol. The van der Waals surface area contributed by atoms with Gasteiger partial charge in [0.15, 0.2) is 0 Å². The number of nitrogens with two attached hydrogens (primary N) is 2. The molecular formula is C18H16N4O3S. The number of aromatic hydroxyl groups is 1. The predicted molar refractivity (Wildman–Crippen MR) is 103 cm³/mol. The Morgan fingerprint density at radius 3 is 2.27 bits per heavy atom. The summed E-state index contributed by atoms with van der Waals surface area (Å²) in [4.78, 5) is 12.0. The lowest BCUT2D eigenvalue weighted by atomic mass is 10.1. The molecule has 0 aliphatic heterocycles. The number of amidine groups is 1. The van der Waals surface area contributed by atoms with Crippen LogP contribution in [0.3, 0.4) is 0 Å². The summed E-state index contributed by atoms with van der Waals surface area (Å²) in [6.45, 7) is 0. The number of nitrogens with zero attached hydrogens (tertiary/aromatic N) is 2. The Morgan fingerprint density at radius 1 is 1.04 bits per heavy atom. The van der Waals surface area contributed by atoms with E-state index in [1.165, 1.54) is 11.1 Å². The molecule has 0 bridgehead atoms. The van der Waals surface area contributed by atoms with E-state index in [1.54, 1.807) is 36.4 Å². The van der Waals surface area contributed by atoms with Crippen molar-refractivity contribution in [3.05, 3.63) is 66.2 Å². The number of carbonyl (C=O) groups is 1. The molecule has 0 aliphatic rings. The normalized spacial score (nSPS) is 11.5. The van der Waals surface area contributed by atoms with Crippen molar-refractivity contribution in [1.82, 2.24) is 0 Å². The van der Waals surface area contributed by atoms with Gasteiger partial charge in [-0.3, -0.25) is 5.01 Å². The zero-order valence-corrected chi connectivity index (χ0v) is 14.4. The Balaban J connectivity index is 2.07. The van der Waals surface area contributed by atoms with Crippen LogP contribution in [0.5, 0.6) is 5.75 Å². The largest absolute Gasteiger partial charge is 0.506 e. The summed E-state index contributed by atoms with van der Waals surface area (Å²) in [6, 6.07) is 17.4. The molecule has 26 heavy (non-hydrogen) atoms. The van der Waals surface area contributed by atoms with Crippen LogP contribution in [0.1, 0.15) is 10.4 Å². The molecule has 132 valence electrons. The lowest BCUT2D eigenvalue weighted by Gasteiger charge is -2.20. The molecule has 6 N–H and O–H groups in total. The zero-order valence-electron chi connectivity index (χ0n) is 13.5. The van der Waals surface area contributed by atoms with Crippen molar-refractivity contribution in [2.24, 2.45) is 16.8 Å². The standard InChI is InChI=1S/C18H16N4O3S/c19-21-18(22(20)11-6-2-1-3-7-11)26-15-10-14(17(24)25)16(23)13-9-5-4-8-12(13)15/h1-10,23H,19-20H2,(H,24,25)/b21-18+. The second-order valence-electron chi connectivity index (χ2n) is 5.34. The Kier molecular flexibility index (Phi) is 4.97. The minimum atomic E-state index is -1.23. The van der Waals surface area contributed by atoms with Gasteiger partial charge in [-0.25, -0.2) is 10.6 Å². The molecule has 0 aliphatic carbocycles. The number of hydrogen-bond acceptors (Lipinski definition) is 6. The van der Waals surface area contributed by atoms with Crippen molar-refractivity contribution in [2.45, 2.75) is 4.90 Å². The minimum absolute atomic E-state index is 0.203. The van der Waals surface area contributed by atoms with E-state index in [-0.39, 0.29) is 16.5 Å². The summed E-state index contributed by atoms with van der Waals surface area (Å²) in [5, 5.41) is 26.0. The number of carboxylic acid groups (broad SMARTS) is 1. The average Bonchev–Trinajstić information content (AvgIpc) is 2.67. The molecule has 0 aromatic heterocycles. The lowest BCUT2D eigenvalue weighted by Crippen LogP contribution is -2.36. The molecule has 0 saturated carbocycles. The Labute approximate surface area is 153 Å². The van der Waals surface area contributed by atoms with Crippen LogP contribution in [-0.2, 0) is 0 Å². The number of anilines is 1. The van der Waals surface area contributed by atoms with Gasteiger partial charge >= 0.3 is 5.97 Å². The molecule has 0 unspecified atom stereocenters. The highest BCUT2D eigenvalue weighted by Gasteiger charge is 2.19. The predicted octanol–water partition coefficient (Wildman–Crippen LogP) is 2.95. The first kappa shape index (κ1) is 17.6. The molecule has 8 heteroatoms. The van der Waals surface area contributed by atoms with Gasteiger partial charge in [0, 0.05) is 10.3 Å². The number of hydrazine groups is 1. The molecule has 0 fully saturated rings. The highest BCUT2D eigenvalue weighted by Crippen LogP contribution is 2.37. The third-order valence-corrected chi connectivity index (χ3v) is 4.80. The Bertz CT molecular complexity index is 992. The summed E-state index contributed by atoms with van der Waals surface area (Å²) in [7, 11) is 0. The fourth-order valence-electron chi connectivity index (χ4n) is 2.51. The van der Waals surface area contributed by atoms with Gasteiger partial charge in [-0.15, -0.1) is 0 Å². The number of phenols is 1. The Hall–Kier alpha value is -3.23. The summed E-state index contributed by atoms with van der Waals surface area (Å²) in [5.74, 6) is 10.1. The van der Waals surface area contributed by atoms with Gasteiger partial charge in [-0.05, 0) is 35.3 Å². The van der Waals surface area contributed by atoms with Crippen LogP contribution < -0.4 is 16.7 Å². The smallest absolute Gasteiger partial charge is 0.339 e. The lowest BCUT2D eigenvalue weighted by molar-refractivity contribution is 0.0694. The van der Waals surface area contributed by atoms with Gasteiger partial charge in [0.1, 0.15) is 11.3 Å². The number of carboxylic acids is 1. The van der Waals surface area contributed by atoms with Crippen molar-refractivity contribution in [3.63, 3.8) is 0 Å². The molecule has 0 saturated heterocycles. The number of thioether (sulfide) groups is 1. The van der Waals surface area contributed by atoms with Crippen LogP contribution >= 0.6 is 11.8 Å². The molecule has 3 aromatic carbocycles. The van der Waals surface area contributed by atoms with Gasteiger partial charge in [0.05, 0.1) is 5.69 Å². The number of benzene rings is 3. The van der Waals surface area contributed by atoms with Gasteiger partial charge in [0.25, 0.3) is 0 Å². The van der Waals surface area contributed by atoms with Gasteiger partial charge in [-0.2, -0.15) is 5.10 Å². The Morgan fingerprint density at radius 2 is 1.65 bits per heavy atom. The molecule has 3 aromatic rings. The third-order valence-electron chi connectivity index (χ3n) is 3.76. The molecule has 0 spiro atoms. The van der Waals surface area contributed by atoms with Crippen LogP contribution in [0.2, 0.25) is 0 Å². The van der Waals surface area contributed by atoms with E-state index in [2.05, 4.69) is 5.10 Å². The van der Waals surface area contributed by atoms with Crippen LogP contribution in [0.15, 0.2) is 70.7 Å². The van der Waals surface area contributed by atoms with Gasteiger partial charge in [0.2, 0.25) is 5.17 Å². The van der Waals surface area contributed by atoms with Crippen LogP contribution in [0, 0.1) is 0 Å². The summed E-state index contributed by atoms with van der Waals surface area (Å²) in [5.41, 5.74) is 0.469. The fourth-order valence-corrected chi connectivity index (χ4v) is 3.43. The van der Waals surface area contributed by atoms with E-state index >= 15 is 0 Å². The van der Waals surface area contributed by atoms with Crippen LogP contribution in [0.4, 0.5) is 5.69 Å². The minimum Gasteiger partial charge on any atom is -0.506 e. The first-order chi connectivity index (χ1) is 12.5. The number of aromatic carboxylic acids is 1. The summed E-state index contributed by atoms with van der Waals surface area (Å²) < 4.78 is 0. The van der Waals surface area contributed by atoms with Crippen molar-refractivity contribution < 1.29 is 15.0 Å². The molecule has 7 nitrogen and oxygen atoms in total. The fraction of sp³-hybridized carbons (Fsp3) is 0. The highest BCUT2D eigenvalue weighted by atomic mass is 32.2. The average molecular weight is 368 g/mol. The number of rotatable bonds is 3.